The molecule has 4 nitrogen and oxygen atoms in total. The van der Waals surface area contributed by atoms with E-state index in [1.165, 1.54) is 6.26 Å². The zero-order chi connectivity index (χ0) is 16.4. The van der Waals surface area contributed by atoms with Crippen LogP contribution < -0.4 is 5.63 Å². The molecule has 120 valence electrons. The van der Waals surface area contributed by atoms with Crippen LogP contribution in [0.25, 0.3) is 27.5 Å². The highest BCUT2D eigenvalue weighted by Crippen LogP contribution is 2.35. The Morgan fingerprint density at radius 2 is 2.00 bits per heavy atom. The van der Waals surface area contributed by atoms with Crippen LogP contribution in [0.15, 0.2) is 49.9 Å². The molecule has 23 heavy (non-hydrogen) atoms. The summed E-state index contributed by atoms with van der Waals surface area (Å²) in [6, 6.07) is 7.70. The standard InChI is InChI=1S/C19H20O4/c1-4-5-8-13(12(2)21-3)18-17-14-9-6-7-10-15(14)23-16(17)11-22-19(18)20/h6-7,9-11H,4-5,8H2,1-3H3/b13-12+. The van der Waals surface area contributed by atoms with Gasteiger partial charge in [-0.05, 0) is 25.8 Å². The lowest BCUT2D eigenvalue weighted by molar-refractivity contribution is 0.294. The smallest absolute Gasteiger partial charge is 0.344 e. The molecule has 0 radical (unpaired) electrons. The average molecular weight is 312 g/mol. The van der Waals surface area contributed by atoms with Crippen LogP contribution in [0.1, 0.15) is 38.7 Å². The van der Waals surface area contributed by atoms with Crippen molar-refractivity contribution in [1.29, 1.82) is 0 Å². The van der Waals surface area contributed by atoms with Gasteiger partial charge < -0.3 is 13.6 Å². The first kappa shape index (κ1) is 15.4. The van der Waals surface area contributed by atoms with Gasteiger partial charge in [-0.15, -0.1) is 0 Å². The Kier molecular flexibility index (Phi) is 4.24. The Balaban J connectivity index is 2.38. The number of methoxy groups -OCH3 is 1. The van der Waals surface area contributed by atoms with Crippen LogP contribution in [-0.4, -0.2) is 7.11 Å². The Morgan fingerprint density at radius 1 is 1.22 bits per heavy atom. The highest BCUT2D eigenvalue weighted by Gasteiger charge is 2.20. The SMILES string of the molecule is CCCC/C(=C(/C)OC)c1c(=O)occ2oc3ccccc3c12. The second-order valence-corrected chi connectivity index (χ2v) is 5.58. The first-order valence-electron chi connectivity index (χ1n) is 7.84. The van der Waals surface area contributed by atoms with Gasteiger partial charge in [0, 0.05) is 16.3 Å². The van der Waals surface area contributed by atoms with Gasteiger partial charge in [0.25, 0.3) is 0 Å². The number of rotatable bonds is 5. The zero-order valence-corrected chi connectivity index (χ0v) is 13.6. The van der Waals surface area contributed by atoms with Gasteiger partial charge in [0.2, 0.25) is 0 Å². The van der Waals surface area contributed by atoms with Crippen LogP contribution in [0.4, 0.5) is 0 Å². The van der Waals surface area contributed by atoms with Gasteiger partial charge in [-0.25, -0.2) is 4.79 Å². The monoisotopic (exact) mass is 312 g/mol. The minimum Gasteiger partial charge on any atom is -0.501 e. The van der Waals surface area contributed by atoms with Crippen molar-refractivity contribution in [3.8, 4) is 0 Å². The van der Waals surface area contributed by atoms with Crippen molar-refractivity contribution in [2.75, 3.05) is 7.11 Å². The Morgan fingerprint density at radius 3 is 2.74 bits per heavy atom. The number of benzene rings is 1. The quantitative estimate of drug-likeness (QED) is 0.614. The van der Waals surface area contributed by atoms with Crippen molar-refractivity contribution in [2.24, 2.45) is 0 Å². The lowest BCUT2D eigenvalue weighted by Gasteiger charge is -2.11. The van der Waals surface area contributed by atoms with E-state index in [2.05, 4.69) is 6.92 Å². The van der Waals surface area contributed by atoms with E-state index in [1.54, 1.807) is 7.11 Å². The second kappa shape index (κ2) is 6.32. The summed E-state index contributed by atoms with van der Waals surface area (Å²) in [6.45, 7) is 4.00. The molecule has 4 heteroatoms. The Hall–Kier alpha value is -2.49. The maximum atomic E-state index is 12.5. The third-order valence-electron chi connectivity index (χ3n) is 4.16. The lowest BCUT2D eigenvalue weighted by atomic mass is 9.96. The second-order valence-electron chi connectivity index (χ2n) is 5.58. The van der Waals surface area contributed by atoms with Crippen molar-refractivity contribution in [2.45, 2.75) is 33.1 Å². The molecule has 0 aliphatic rings. The van der Waals surface area contributed by atoms with Crippen molar-refractivity contribution in [3.05, 3.63) is 52.3 Å². The van der Waals surface area contributed by atoms with Gasteiger partial charge in [0.05, 0.1) is 18.4 Å². The highest BCUT2D eigenvalue weighted by molar-refractivity contribution is 6.09. The van der Waals surface area contributed by atoms with Crippen LogP contribution in [0.5, 0.6) is 0 Å². The third kappa shape index (κ3) is 2.65. The molecule has 3 aromatic rings. The fourth-order valence-corrected chi connectivity index (χ4v) is 2.90. The van der Waals surface area contributed by atoms with E-state index in [0.29, 0.717) is 11.1 Å². The van der Waals surface area contributed by atoms with E-state index in [9.17, 15) is 4.79 Å². The largest absolute Gasteiger partial charge is 0.501 e. The summed E-state index contributed by atoms with van der Waals surface area (Å²) in [4.78, 5) is 12.5. The predicted octanol–water partition coefficient (Wildman–Crippen LogP) is 5.11. The number of furan rings is 1. The molecule has 0 bridgehead atoms. The molecule has 1 aromatic carbocycles. The number of ether oxygens (including phenoxy) is 1. The summed E-state index contributed by atoms with van der Waals surface area (Å²) < 4.78 is 16.5. The molecular weight excluding hydrogens is 292 g/mol. The van der Waals surface area contributed by atoms with Gasteiger partial charge in [-0.3, -0.25) is 0 Å². The molecule has 0 fully saturated rings. The molecular formula is C19H20O4. The fourth-order valence-electron chi connectivity index (χ4n) is 2.90. The molecule has 3 rings (SSSR count). The van der Waals surface area contributed by atoms with Crippen LogP contribution in [0.2, 0.25) is 0 Å². The van der Waals surface area contributed by atoms with Crippen molar-refractivity contribution in [1.82, 2.24) is 0 Å². The first-order valence-corrected chi connectivity index (χ1v) is 7.84. The summed E-state index contributed by atoms with van der Waals surface area (Å²) in [5.74, 6) is 0.739. The molecule has 0 unspecified atom stereocenters. The van der Waals surface area contributed by atoms with Crippen LogP contribution in [0.3, 0.4) is 0 Å². The summed E-state index contributed by atoms with van der Waals surface area (Å²) in [7, 11) is 1.62. The maximum absolute atomic E-state index is 12.5. The number of unbranched alkanes of at least 4 members (excludes halogenated alkanes) is 1. The van der Waals surface area contributed by atoms with E-state index in [1.807, 2.05) is 31.2 Å². The summed E-state index contributed by atoms with van der Waals surface area (Å²) in [5.41, 5.74) is 2.42. The number of hydrogen-bond donors (Lipinski definition) is 0. The van der Waals surface area contributed by atoms with Gasteiger partial charge >= 0.3 is 5.63 Å². The fraction of sp³-hybridized carbons (Fsp3) is 0.316. The molecule has 0 amide bonds. The van der Waals surface area contributed by atoms with E-state index >= 15 is 0 Å². The molecule has 2 heterocycles. The Bertz CT molecular complexity index is 927. The van der Waals surface area contributed by atoms with Crippen LogP contribution >= 0.6 is 0 Å². The van der Waals surface area contributed by atoms with Crippen molar-refractivity contribution in [3.63, 3.8) is 0 Å². The maximum Gasteiger partial charge on any atom is 0.344 e. The minimum absolute atomic E-state index is 0.355. The van der Waals surface area contributed by atoms with Crippen LogP contribution in [-0.2, 0) is 4.74 Å². The van der Waals surface area contributed by atoms with Gasteiger partial charge in [-0.1, -0.05) is 31.5 Å². The van der Waals surface area contributed by atoms with Crippen molar-refractivity contribution < 1.29 is 13.6 Å². The van der Waals surface area contributed by atoms with E-state index < -0.39 is 0 Å². The van der Waals surface area contributed by atoms with Gasteiger partial charge in [-0.2, -0.15) is 0 Å². The summed E-state index contributed by atoms with van der Waals surface area (Å²) in [5, 5.41) is 1.72. The molecule has 0 atom stereocenters. The number of fused-ring (bicyclic) bond motifs is 3. The van der Waals surface area contributed by atoms with Crippen molar-refractivity contribution >= 4 is 27.5 Å². The topological polar surface area (TPSA) is 52.6 Å². The van der Waals surface area contributed by atoms with E-state index in [4.69, 9.17) is 13.6 Å². The third-order valence-corrected chi connectivity index (χ3v) is 4.16. The molecule has 0 aliphatic heterocycles. The normalized spacial score (nSPS) is 12.7. The number of allylic oxidation sites excluding steroid dienone is 2. The Labute approximate surface area is 134 Å². The molecule has 0 saturated heterocycles. The van der Waals surface area contributed by atoms with E-state index in [0.717, 1.165) is 47.0 Å². The highest BCUT2D eigenvalue weighted by atomic mass is 16.5. The number of hydrogen-bond acceptors (Lipinski definition) is 4. The number of para-hydroxylation sites is 1. The van der Waals surface area contributed by atoms with Gasteiger partial charge in [0.15, 0.2) is 5.58 Å². The summed E-state index contributed by atoms with van der Waals surface area (Å²) >= 11 is 0. The van der Waals surface area contributed by atoms with E-state index in [-0.39, 0.29) is 5.63 Å². The molecule has 0 saturated carbocycles. The molecule has 0 N–H and O–H groups in total. The van der Waals surface area contributed by atoms with Crippen LogP contribution in [0, 0.1) is 0 Å². The molecule has 0 aliphatic carbocycles. The summed E-state index contributed by atoms with van der Waals surface area (Å²) in [6.07, 6.45) is 4.16. The zero-order valence-electron chi connectivity index (χ0n) is 13.6. The van der Waals surface area contributed by atoms with Gasteiger partial charge in [0.1, 0.15) is 11.8 Å². The average Bonchev–Trinajstić information content (AvgIpc) is 2.95. The molecule has 0 spiro atoms. The molecule has 2 aromatic heterocycles. The minimum atomic E-state index is -0.355. The lowest BCUT2D eigenvalue weighted by Crippen LogP contribution is -2.08. The predicted molar refractivity (Wildman–Crippen MR) is 91.4 cm³/mol. The first-order chi connectivity index (χ1) is 11.2.